The number of hydrogen-bond donors (Lipinski definition) is 1. The molecule has 112 valence electrons. The number of hydrogen-bond acceptors (Lipinski definition) is 4. The lowest BCUT2D eigenvalue weighted by Crippen LogP contribution is -2.03. The summed E-state index contributed by atoms with van der Waals surface area (Å²) in [4.78, 5) is 4.48. The van der Waals surface area contributed by atoms with Crippen molar-refractivity contribution in [2.75, 3.05) is 12.3 Å². The van der Waals surface area contributed by atoms with Gasteiger partial charge in [0.25, 0.3) is 0 Å². The number of benzene rings is 2. The molecule has 0 amide bonds. The van der Waals surface area contributed by atoms with Gasteiger partial charge in [0.2, 0.25) is 0 Å². The molecule has 3 nitrogen and oxygen atoms in total. The van der Waals surface area contributed by atoms with E-state index in [1.165, 1.54) is 5.56 Å². The first-order valence-corrected chi connectivity index (χ1v) is 8.09. The summed E-state index contributed by atoms with van der Waals surface area (Å²) in [6, 6.07) is 16.1. The molecule has 0 saturated carbocycles. The molecule has 0 atom stereocenters. The summed E-state index contributed by atoms with van der Waals surface area (Å²) in [5.41, 5.74) is 9.99. The molecular weight excluding hydrogens is 292 g/mol. The van der Waals surface area contributed by atoms with Crippen LogP contribution in [0.2, 0.25) is 0 Å². The highest BCUT2D eigenvalue weighted by atomic mass is 32.1. The highest BCUT2D eigenvalue weighted by molar-refractivity contribution is 7.09. The van der Waals surface area contributed by atoms with Gasteiger partial charge in [-0.05, 0) is 30.7 Å². The molecule has 3 aromatic rings. The van der Waals surface area contributed by atoms with Crippen LogP contribution in [0, 0.1) is 6.92 Å². The highest BCUT2D eigenvalue weighted by Crippen LogP contribution is 2.29. The molecule has 1 aromatic heterocycles. The molecule has 4 heteroatoms. The molecule has 0 radical (unpaired) electrons. The van der Waals surface area contributed by atoms with Crippen LogP contribution in [-0.4, -0.2) is 11.6 Å². The SMILES string of the molecule is Cc1nc(-c2ccc(OCCc3ccccc3)c(N)c2)cs1. The van der Waals surface area contributed by atoms with Crippen LogP contribution < -0.4 is 10.5 Å². The van der Waals surface area contributed by atoms with E-state index in [0.29, 0.717) is 12.3 Å². The van der Waals surface area contributed by atoms with Gasteiger partial charge in [-0.1, -0.05) is 30.3 Å². The monoisotopic (exact) mass is 310 g/mol. The summed E-state index contributed by atoms with van der Waals surface area (Å²) in [5, 5.41) is 3.09. The smallest absolute Gasteiger partial charge is 0.142 e. The summed E-state index contributed by atoms with van der Waals surface area (Å²) in [7, 11) is 0. The number of rotatable bonds is 5. The first-order valence-electron chi connectivity index (χ1n) is 7.21. The van der Waals surface area contributed by atoms with E-state index in [0.717, 1.165) is 28.4 Å². The van der Waals surface area contributed by atoms with Crippen molar-refractivity contribution in [2.45, 2.75) is 13.3 Å². The van der Waals surface area contributed by atoms with Crippen LogP contribution in [0.3, 0.4) is 0 Å². The third-order valence-electron chi connectivity index (χ3n) is 3.42. The second kappa shape index (κ2) is 6.62. The first kappa shape index (κ1) is 14.6. The van der Waals surface area contributed by atoms with E-state index in [2.05, 4.69) is 17.1 Å². The van der Waals surface area contributed by atoms with Crippen LogP contribution in [0.15, 0.2) is 53.9 Å². The first-order chi connectivity index (χ1) is 10.7. The molecule has 3 rings (SSSR count). The normalized spacial score (nSPS) is 10.6. The summed E-state index contributed by atoms with van der Waals surface area (Å²) >= 11 is 1.64. The minimum absolute atomic E-state index is 0.614. The van der Waals surface area contributed by atoms with E-state index in [9.17, 15) is 0 Å². The Kier molecular flexibility index (Phi) is 4.39. The molecule has 0 unspecified atom stereocenters. The summed E-state index contributed by atoms with van der Waals surface area (Å²) in [5.74, 6) is 0.728. The van der Waals surface area contributed by atoms with E-state index in [4.69, 9.17) is 10.5 Å². The molecular formula is C18H18N2OS. The van der Waals surface area contributed by atoms with Gasteiger partial charge in [-0.25, -0.2) is 4.98 Å². The fraction of sp³-hybridized carbons (Fsp3) is 0.167. The van der Waals surface area contributed by atoms with Crippen molar-refractivity contribution >= 4 is 17.0 Å². The molecule has 0 spiro atoms. The number of thiazole rings is 1. The summed E-state index contributed by atoms with van der Waals surface area (Å²) in [6.07, 6.45) is 0.868. The van der Waals surface area contributed by atoms with Gasteiger partial charge in [0.05, 0.1) is 23.0 Å². The number of aromatic nitrogens is 1. The fourth-order valence-corrected chi connectivity index (χ4v) is 2.88. The van der Waals surface area contributed by atoms with Crippen molar-refractivity contribution in [1.29, 1.82) is 0 Å². The zero-order valence-corrected chi connectivity index (χ0v) is 13.3. The topological polar surface area (TPSA) is 48.1 Å². The zero-order valence-electron chi connectivity index (χ0n) is 12.5. The maximum absolute atomic E-state index is 6.10. The molecule has 2 aromatic carbocycles. The van der Waals surface area contributed by atoms with Gasteiger partial charge in [0.1, 0.15) is 5.75 Å². The molecule has 0 saturated heterocycles. The quantitative estimate of drug-likeness (QED) is 0.714. The van der Waals surface area contributed by atoms with Crippen LogP contribution in [0.5, 0.6) is 5.75 Å². The second-order valence-electron chi connectivity index (χ2n) is 5.09. The maximum atomic E-state index is 6.10. The van der Waals surface area contributed by atoms with E-state index in [1.54, 1.807) is 11.3 Å². The van der Waals surface area contributed by atoms with Crippen LogP contribution in [0.25, 0.3) is 11.3 Å². The number of nitrogens with two attached hydrogens (primary N) is 1. The van der Waals surface area contributed by atoms with Crippen LogP contribution in [0.1, 0.15) is 10.6 Å². The zero-order chi connectivity index (χ0) is 15.4. The van der Waals surface area contributed by atoms with E-state index in [1.807, 2.05) is 48.7 Å². The average molecular weight is 310 g/mol. The second-order valence-corrected chi connectivity index (χ2v) is 6.15. The third kappa shape index (κ3) is 3.46. The summed E-state index contributed by atoms with van der Waals surface area (Å²) in [6.45, 7) is 2.61. The predicted molar refractivity (Wildman–Crippen MR) is 92.3 cm³/mol. The average Bonchev–Trinajstić information content (AvgIpc) is 2.96. The number of ether oxygens (including phenoxy) is 1. The Labute approximate surface area is 134 Å². The van der Waals surface area contributed by atoms with Gasteiger partial charge >= 0.3 is 0 Å². The van der Waals surface area contributed by atoms with Crippen LogP contribution in [0.4, 0.5) is 5.69 Å². The van der Waals surface area contributed by atoms with Crippen molar-refractivity contribution in [2.24, 2.45) is 0 Å². The van der Waals surface area contributed by atoms with Crippen molar-refractivity contribution in [3.8, 4) is 17.0 Å². The Morgan fingerprint density at radius 3 is 2.64 bits per heavy atom. The van der Waals surface area contributed by atoms with Gasteiger partial charge in [-0.2, -0.15) is 0 Å². The summed E-state index contributed by atoms with van der Waals surface area (Å²) < 4.78 is 5.79. The number of nitrogens with zero attached hydrogens (tertiary/aromatic N) is 1. The van der Waals surface area contributed by atoms with Gasteiger partial charge < -0.3 is 10.5 Å². The van der Waals surface area contributed by atoms with Gasteiger partial charge in [-0.15, -0.1) is 11.3 Å². The molecule has 0 bridgehead atoms. The van der Waals surface area contributed by atoms with Crippen LogP contribution in [-0.2, 0) is 6.42 Å². The van der Waals surface area contributed by atoms with Gasteiger partial charge in [0, 0.05) is 17.4 Å². The van der Waals surface area contributed by atoms with Crippen LogP contribution >= 0.6 is 11.3 Å². The Morgan fingerprint density at radius 2 is 1.95 bits per heavy atom. The van der Waals surface area contributed by atoms with E-state index >= 15 is 0 Å². The maximum Gasteiger partial charge on any atom is 0.142 e. The van der Waals surface area contributed by atoms with E-state index in [-0.39, 0.29) is 0 Å². The Bertz CT molecular complexity index is 753. The Morgan fingerprint density at radius 1 is 1.14 bits per heavy atom. The minimum atomic E-state index is 0.614. The molecule has 0 fully saturated rings. The molecule has 0 aliphatic rings. The highest BCUT2D eigenvalue weighted by Gasteiger charge is 2.06. The largest absolute Gasteiger partial charge is 0.491 e. The Balaban J connectivity index is 1.65. The molecule has 0 aliphatic heterocycles. The van der Waals surface area contributed by atoms with Gasteiger partial charge in [0.15, 0.2) is 0 Å². The predicted octanol–water partition coefficient (Wildman–Crippen LogP) is 4.32. The number of aryl methyl sites for hydroxylation is 1. The van der Waals surface area contributed by atoms with Crippen molar-refractivity contribution in [1.82, 2.24) is 4.98 Å². The standard InChI is InChI=1S/C18H18N2OS/c1-13-20-17(12-22-13)15-7-8-18(16(19)11-15)21-10-9-14-5-3-2-4-6-14/h2-8,11-12H,9-10,19H2,1H3. The minimum Gasteiger partial charge on any atom is -0.491 e. The number of nitrogen functional groups attached to an aromatic ring is 1. The fourth-order valence-electron chi connectivity index (χ4n) is 2.26. The van der Waals surface area contributed by atoms with E-state index < -0.39 is 0 Å². The molecule has 1 heterocycles. The lowest BCUT2D eigenvalue weighted by molar-refractivity contribution is 0.323. The molecule has 22 heavy (non-hydrogen) atoms. The van der Waals surface area contributed by atoms with Crippen molar-refractivity contribution < 1.29 is 4.74 Å². The Hall–Kier alpha value is -2.33. The molecule has 2 N–H and O–H groups in total. The molecule has 0 aliphatic carbocycles. The van der Waals surface area contributed by atoms with Crippen molar-refractivity contribution in [3.05, 3.63) is 64.5 Å². The number of anilines is 1. The van der Waals surface area contributed by atoms with Crippen molar-refractivity contribution in [3.63, 3.8) is 0 Å². The lowest BCUT2D eigenvalue weighted by atomic mass is 10.1. The lowest BCUT2D eigenvalue weighted by Gasteiger charge is -2.10. The third-order valence-corrected chi connectivity index (χ3v) is 4.19. The van der Waals surface area contributed by atoms with Gasteiger partial charge in [-0.3, -0.25) is 0 Å².